The van der Waals surface area contributed by atoms with E-state index in [1.165, 1.54) is 71.9 Å². The van der Waals surface area contributed by atoms with Crippen LogP contribution in [0.15, 0.2) is 273 Å². The Hall–Kier alpha value is -8.72. The van der Waals surface area contributed by atoms with Crippen LogP contribution < -0.4 is 4.90 Å². The molecule has 1 aromatic heterocycles. The highest BCUT2D eigenvalue weighted by Crippen LogP contribution is 2.45. The normalized spacial score (nSPS) is 13.4. The summed E-state index contributed by atoms with van der Waals surface area (Å²) in [5.41, 5.74) is 20.3. The number of hydrogen-bond acceptors (Lipinski definition) is 1. The van der Waals surface area contributed by atoms with Crippen LogP contribution in [0.25, 0.3) is 77.6 Å². The second-order valence-electron chi connectivity index (χ2n) is 17.6. The predicted octanol–water partition coefficient (Wildman–Crippen LogP) is 18.0. The molecule has 11 aromatic rings. The zero-order valence-corrected chi connectivity index (χ0v) is 37.7. The topological polar surface area (TPSA) is 8.17 Å². The molecular weight excluding hydrogens is 821 g/mol. The number of aromatic nitrogens is 1. The third kappa shape index (κ3) is 7.62. The Morgan fingerprint density at radius 1 is 0.382 bits per heavy atom. The smallest absolute Gasteiger partial charge is 0.0547 e. The Morgan fingerprint density at radius 2 is 0.882 bits per heavy atom. The Kier molecular flexibility index (Phi) is 10.7. The van der Waals surface area contributed by atoms with Crippen LogP contribution in [0.5, 0.6) is 0 Å². The number of anilines is 3. The standard InChI is InChI=1S/C66H48N2/c1-4-18-47(19-5-1)48-34-36-49(37-35-48)50-38-42-56(43-39-50)67(57-44-40-52(41-45-57)59-27-11-10-26-58(59)51-20-6-2-7-21-51)63-31-14-12-28-60(63)53-22-16-23-54(46-53)61-30-17-33-65-66(61)62-29-13-15-32-64(62)68(65)55-24-8-3-9-25-55/h1-25,27-46,58H,26H2. The lowest BCUT2D eigenvalue weighted by Crippen LogP contribution is -2.11. The zero-order valence-electron chi connectivity index (χ0n) is 37.7. The summed E-state index contributed by atoms with van der Waals surface area (Å²) in [4.78, 5) is 2.42. The van der Waals surface area contributed by atoms with Gasteiger partial charge in [0.05, 0.1) is 16.7 Å². The lowest BCUT2D eigenvalue weighted by Gasteiger charge is -2.29. The fourth-order valence-corrected chi connectivity index (χ4v) is 10.3. The van der Waals surface area contributed by atoms with E-state index in [4.69, 9.17) is 0 Å². The summed E-state index contributed by atoms with van der Waals surface area (Å²) in [6.45, 7) is 0. The second kappa shape index (κ2) is 17.9. The van der Waals surface area contributed by atoms with Crippen LogP contribution in [0.2, 0.25) is 0 Å². The lowest BCUT2D eigenvalue weighted by molar-refractivity contribution is 0.874. The van der Waals surface area contributed by atoms with Crippen LogP contribution in [-0.4, -0.2) is 4.57 Å². The minimum absolute atomic E-state index is 0.311. The summed E-state index contributed by atoms with van der Waals surface area (Å²) in [6, 6.07) is 92.8. The molecule has 2 heteroatoms. The lowest BCUT2D eigenvalue weighted by atomic mass is 9.82. The van der Waals surface area contributed by atoms with E-state index in [1.54, 1.807) is 0 Å². The largest absolute Gasteiger partial charge is 0.310 e. The Balaban J connectivity index is 0.959. The molecule has 68 heavy (non-hydrogen) atoms. The van der Waals surface area contributed by atoms with Crippen molar-refractivity contribution in [2.45, 2.75) is 12.3 Å². The maximum Gasteiger partial charge on any atom is 0.0547 e. The summed E-state index contributed by atoms with van der Waals surface area (Å²) in [5.74, 6) is 0.311. The quantitative estimate of drug-likeness (QED) is 0.133. The first-order chi connectivity index (χ1) is 33.7. The van der Waals surface area contributed by atoms with Gasteiger partial charge in [-0.15, -0.1) is 0 Å². The van der Waals surface area contributed by atoms with Gasteiger partial charge in [0.25, 0.3) is 0 Å². The molecule has 0 saturated heterocycles. The number of allylic oxidation sites excluding steroid dienone is 4. The highest BCUT2D eigenvalue weighted by atomic mass is 15.1. The summed E-state index contributed by atoms with van der Waals surface area (Å²) in [5, 5.41) is 2.50. The van der Waals surface area contributed by atoms with Gasteiger partial charge in [-0.3, -0.25) is 0 Å². The molecule has 0 N–H and O–H groups in total. The maximum atomic E-state index is 2.42. The third-order valence-electron chi connectivity index (χ3n) is 13.6. The molecule has 0 spiro atoms. The minimum Gasteiger partial charge on any atom is -0.310 e. The van der Waals surface area contributed by atoms with Crippen LogP contribution in [0.3, 0.4) is 0 Å². The average Bonchev–Trinajstić information content (AvgIpc) is 3.77. The van der Waals surface area contributed by atoms with E-state index < -0.39 is 0 Å². The van der Waals surface area contributed by atoms with Crippen molar-refractivity contribution >= 4 is 44.4 Å². The van der Waals surface area contributed by atoms with Crippen molar-refractivity contribution in [3.05, 3.63) is 284 Å². The average molecular weight is 869 g/mol. The Labute approximate surface area is 398 Å². The fraction of sp³-hybridized carbons (Fsp3) is 0.0303. The zero-order chi connectivity index (χ0) is 45.2. The summed E-state index contributed by atoms with van der Waals surface area (Å²) in [6.07, 6.45) is 7.77. The highest BCUT2D eigenvalue weighted by Gasteiger charge is 2.22. The van der Waals surface area contributed by atoms with Gasteiger partial charge in [-0.2, -0.15) is 0 Å². The van der Waals surface area contributed by atoms with E-state index in [0.717, 1.165) is 40.3 Å². The number of para-hydroxylation sites is 3. The fourth-order valence-electron chi connectivity index (χ4n) is 10.3. The first kappa shape index (κ1) is 40.8. The van der Waals surface area contributed by atoms with Crippen LogP contribution in [0.1, 0.15) is 23.5 Å². The van der Waals surface area contributed by atoms with Crippen LogP contribution in [-0.2, 0) is 0 Å². The monoisotopic (exact) mass is 868 g/mol. The van der Waals surface area contributed by atoms with E-state index >= 15 is 0 Å². The van der Waals surface area contributed by atoms with Gasteiger partial charge in [-0.25, -0.2) is 0 Å². The molecule has 1 aliphatic carbocycles. The molecule has 0 fully saturated rings. The molecule has 10 aromatic carbocycles. The van der Waals surface area contributed by atoms with Gasteiger partial charge in [-0.05, 0) is 123 Å². The predicted molar refractivity (Wildman–Crippen MR) is 288 cm³/mol. The van der Waals surface area contributed by atoms with Gasteiger partial charge in [0.15, 0.2) is 0 Å². The molecule has 322 valence electrons. The number of nitrogens with zero attached hydrogens (tertiary/aromatic N) is 2. The van der Waals surface area contributed by atoms with Gasteiger partial charge in [0.1, 0.15) is 0 Å². The van der Waals surface area contributed by atoms with Gasteiger partial charge in [-0.1, -0.05) is 212 Å². The molecule has 1 unspecified atom stereocenters. The van der Waals surface area contributed by atoms with Crippen LogP contribution in [0.4, 0.5) is 17.1 Å². The molecule has 2 nitrogen and oxygen atoms in total. The molecule has 0 saturated carbocycles. The van der Waals surface area contributed by atoms with Crippen molar-refractivity contribution in [3.8, 4) is 50.2 Å². The molecule has 0 radical (unpaired) electrons. The van der Waals surface area contributed by atoms with Crippen LogP contribution in [0, 0.1) is 0 Å². The van der Waals surface area contributed by atoms with E-state index in [0.29, 0.717) is 5.92 Å². The van der Waals surface area contributed by atoms with Gasteiger partial charge in [0, 0.05) is 39.3 Å². The maximum absolute atomic E-state index is 2.42. The van der Waals surface area contributed by atoms with Crippen molar-refractivity contribution in [1.82, 2.24) is 4.57 Å². The van der Waals surface area contributed by atoms with E-state index in [9.17, 15) is 0 Å². The molecule has 0 amide bonds. The van der Waals surface area contributed by atoms with Gasteiger partial charge in [0.2, 0.25) is 0 Å². The van der Waals surface area contributed by atoms with E-state index in [-0.39, 0.29) is 0 Å². The Bertz CT molecular complexity index is 3600. The van der Waals surface area contributed by atoms with Crippen molar-refractivity contribution in [3.63, 3.8) is 0 Å². The van der Waals surface area contributed by atoms with Gasteiger partial charge < -0.3 is 9.47 Å². The summed E-state index contributed by atoms with van der Waals surface area (Å²) in [7, 11) is 0. The van der Waals surface area contributed by atoms with E-state index in [1.807, 2.05) is 0 Å². The molecule has 1 aliphatic rings. The third-order valence-corrected chi connectivity index (χ3v) is 13.6. The summed E-state index contributed by atoms with van der Waals surface area (Å²) < 4.78 is 2.39. The number of rotatable bonds is 10. The van der Waals surface area contributed by atoms with Crippen LogP contribution >= 0.6 is 0 Å². The van der Waals surface area contributed by atoms with E-state index in [2.05, 4.69) is 282 Å². The van der Waals surface area contributed by atoms with Gasteiger partial charge >= 0.3 is 0 Å². The molecule has 0 aliphatic heterocycles. The highest BCUT2D eigenvalue weighted by molar-refractivity contribution is 6.16. The second-order valence-corrected chi connectivity index (χ2v) is 17.6. The molecule has 12 rings (SSSR count). The SMILES string of the molecule is C1=CCC(c2ccccc2)C(c2ccc(N(c3ccc(-c4ccc(-c5ccccc5)cc4)cc3)c3ccccc3-c3cccc(-c4cccc5c4c4ccccc4n5-c4ccccc4)c3)cc2)=C1. The number of benzene rings is 10. The minimum atomic E-state index is 0.311. The Morgan fingerprint density at radius 3 is 1.59 bits per heavy atom. The molecular formula is C66H48N2. The van der Waals surface area contributed by atoms with Crippen molar-refractivity contribution in [1.29, 1.82) is 0 Å². The number of hydrogen-bond donors (Lipinski definition) is 0. The first-order valence-electron chi connectivity index (χ1n) is 23.6. The molecule has 0 bridgehead atoms. The molecule has 1 heterocycles. The number of fused-ring (bicyclic) bond motifs is 3. The summed E-state index contributed by atoms with van der Waals surface area (Å²) >= 11 is 0. The van der Waals surface area contributed by atoms with Crippen molar-refractivity contribution in [2.24, 2.45) is 0 Å². The van der Waals surface area contributed by atoms with Crippen molar-refractivity contribution < 1.29 is 0 Å². The molecule has 1 atom stereocenters. The first-order valence-corrected chi connectivity index (χ1v) is 23.6. The van der Waals surface area contributed by atoms with Crippen molar-refractivity contribution in [2.75, 3.05) is 4.90 Å².